The maximum Gasteiger partial charge on any atom is 0.339 e. The standard InChI is InChI=1S/C10H12FN3O3/c1-5(2-8(12)15)14-9-7(10(16)17)3-6(11)4-13-9/h3-5H,2H2,1H3,(H2,12,15)(H,13,14)(H,16,17). The molecule has 1 rings (SSSR count). The van der Waals surface area contributed by atoms with Crippen LogP contribution >= 0.6 is 0 Å². The van der Waals surface area contributed by atoms with Crippen LogP contribution in [0.4, 0.5) is 10.2 Å². The fraction of sp³-hybridized carbons (Fsp3) is 0.300. The second-order valence-corrected chi connectivity index (χ2v) is 3.57. The summed E-state index contributed by atoms with van der Waals surface area (Å²) in [6.45, 7) is 1.64. The van der Waals surface area contributed by atoms with Crippen LogP contribution in [0.1, 0.15) is 23.7 Å². The Hall–Kier alpha value is -2.18. The van der Waals surface area contributed by atoms with Crippen LogP contribution < -0.4 is 11.1 Å². The van der Waals surface area contributed by atoms with Gasteiger partial charge in [0.1, 0.15) is 17.2 Å². The van der Waals surface area contributed by atoms with Crippen molar-refractivity contribution in [1.82, 2.24) is 4.98 Å². The maximum atomic E-state index is 12.8. The molecule has 4 N–H and O–H groups in total. The molecule has 1 unspecified atom stereocenters. The Kier molecular flexibility index (Phi) is 3.97. The summed E-state index contributed by atoms with van der Waals surface area (Å²) >= 11 is 0. The summed E-state index contributed by atoms with van der Waals surface area (Å²) in [7, 11) is 0. The molecule has 17 heavy (non-hydrogen) atoms. The number of aromatic carboxylic acids is 1. The molecule has 1 heterocycles. The molecule has 0 aliphatic heterocycles. The Balaban J connectivity index is 2.90. The predicted molar refractivity (Wildman–Crippen MR) is 58.1 cm³/mol. The van der Waals surface area contributed by atoms with Gasteiger partial charge in [-0.15, -0.1) is 0 Å². The molecule has 1 aromatic rings. The number of carboxylic acids is 1. The van der Waals surface area contributed by atoms with Gasteiger partial charge in [0, 0.05) is 12.5 Å². The number of carbonyl (C=O) groups is 2. The van der Waals surface area contributed by atoms with Crippen LogP contribution in [-0.4, -0.2) is 28.0 Å². The van der Waals surface area contributed by atoms with Gasteiger partial charge in [-0.05, 0) is 13.0 Å². The highest BCUT2D eigenvalue weighted by Crippen LogP contribution is 2.15. The first-order valence-corrected chi connectivity index (χ1v) is 4.84. The highest BCUT2D eigenvalue weighted by molar-refractivity contribution is 5.93. The number of amides is 1. The van der Waals surface area contributed by atoms with Crippen molar-refractivity contribution in [3.05, 3.63) is 23.6 Å². The number of aromatic nitrogens is 1. The first-order valence-electron chi connectivity index (χ1n) is 4.84. The van der Waals surface area contributed by atoms with E-state index in [9.17, 15) is 14.0 Å². The number of primary amides is 1. The third-order valence-corrected chi connectivity index (χ3v) is 1.98. The Bertz CT molecular complexity index is 450. The van der Waals surface area contributed by atoms with Crippen molar-refractivity contribution in [3.63, 3.8) is 0 Å². The van der Waals surface area contributed by atoms with Crippen molar-refractivity contribution in [2.45, 2.75) is 19.4 Å². The maximum absolute atomic E-state index is 12.8. The van der Waals surface area contributed by atoms with E-state index in [0.717, 1.165) is 12.3 Å². The van der Waals surface area contributed by atoms with E-state index in [1.807, 2.05) is 0 Å². The summed E-state index contributed by atoms with van der Waals surface area (Å²) in [4.78, 5) is 25.1. The molecule has 0 saturated heterocycles. The van der Waals surface area contributed by atoms with Crippen molar-refractivity contribution in [2.24, 2.45) is 5.73 Å². The fourth-order valence-electron chi connectivity index (χ4n) is 1.30. The van der Waals surface area contributed by atoms with Crippen molar-refractivity contribution in [1.29, 1.82) is 0 Å². The van der Waals surface area contributed by atoms with Crippen molar-refractivity contribution in [3.8, 4) is 0 Å². The number of pyridine rings is 1. The summed E-state index contributed by atoms with van der Waals surface area (Å²) in [5.74, 6) is -2.56. The van der Waals surface area contributed by atoms with Gasteiger partial charge in [-0.2, -0.15) is 0 Å². The Labute approximate surface area is 96.6 Å². The molecule has 0 radical (unpaired) electrons. The molecule has 0 aliphatic carbocycles. The van der Waals surface area contributed by atoms with Gasteiger partial charge >= 0.3 is 5.97 Å². The molecule has 0 bridgehead atoms. The third kappa shape index (κ3) is 3.71. The largest absolute Gasteiger partial charge is 0.478 e. The minimum absolute atomic E-state index is 0.00708. The lowest BCUT2D eigenvalue weighted by atomic mass is 10.2. The molecule has 0 spiro atoms. The van der Waals surface area contributed by atoms with E-state index in [1.165, 1.54) is 0 Å². The van der Waals surface area contributed by atoms with Crippen molar-refractivity contribution < 1.29 is 19.1 Å². The number of nitrogens with one attached hydrogen (secondary N) is 1. The summed E-state index contributed by atoms with van der Waals surface area (Å²) in [6.07, 6.45) is 0.921. The van der Waals surface area contributed by atoms with Crippen molar-refractivity contribution >= 4 is 17.7 Å². The van der Waals surface area contributed by atoms with Crippen LogP contribution in [0.5, 0.6) is 0 Å². The molecule has 0 saturated carbocycles. The Morgan fingerprint density at radius 2 is 2.29 bits per heavy atom. The van der Waals surface area contributed by atoms with Crippen molar-refractivity contribution in [2.75, 3.05) is 5.32 Å². The van der Waals surface area contributed by atoms with E-state index >= 15 is 0 Å². The summed E-state index contributed by atoms with van der Waals surface area (Å²) in [5, 5.41) is 11.5. The van der Waals surface area contributed by atoms with E-state index in [1.54, 1.807) is 6.92 Å². The minimum Gasteiger partial charge on any atom is -0.478 e. The highest BCUT2D eigenvalue weighted by Gasteiger charge is 2.15. The molecule has 6 nitrogen and oxygen atoms in total. The molecular formula is C10H12FN3O3. The summed E-state index contributed by atoms with van der Waals surface area (Å²) in [6, 6.07) is 0.470. The normalized spacial score (nSPS) is 11.9. The second kappa shape index (κ2) is 5.24. The second-order valence-electron chi connectivity index (χ2n) is 3.57. The smallest absolute Gasteiger partial charge is 0.339 e. The van der Waals surface area contributed by atoms with Crippen LogP contribution in [-0.2, 0) is 4.79 Å². The number of halogens is 1. The zero-order valence-electron chi connectivity index (χ0n) is 9.11. The van der Waals surface area contributed by atoms with E-state index in [2.05, 4.69) is 10.3 Å². The number of nitrogens with zero attached hydrogens (tertiary/aromatic N) is 1. The number of nitrogens with two attached hydrogens (primary N) is 1. The number of carbonyl (C=O) groups excluding carboxylic acids is 1. The van der Waals surface area contributed by atoms with E-state index in [-0.39, 0.29) is 23.8 Å². The van der Waals surface area contributed by atoms with Crippen LogP contribution in [0.15, 0.2) is 12.3 Å². The van der Waals surface area contributed by atoms with E-state index < -0.39 is 17.7 Å². The number of anilines is 1. The van der Waals surface area contributed by atoms with E-state index in [0.29, 0.717) is 0 Å². The molecule has 1 amide bonds. The number of hydrogen-bond acceptors (Lipinski definition) is 4. The fourth-order valence-corrected chi connectivity index (χ4v) is 1.30. The monoisotopic (exact) mass is 241 g/mol. The summed E-state index contributed by atoms with van der Waals surface area (Å²) < 4.78 is 12.8. The predicted octanol–water partition coefficient (Wildman–Crippen LogP) is 0.595. The number of hydrogen-bond donors (Lipinski definition) is 3. The lowest BCUT2D eigenvalue weighted by Gasteiger charge is -2.14. The minimum atomic E-state index is -1.30. The SMILES string of the molecule is CC(CC(N)=O)Nc1ncc(F)cc1C(=O)O. The van der Waals surface area contributed by atoms with Gasteiger partial charge in [-0.3, -0.25) is 4.79 Å². The number of rotatable bonds is 5. The van der Waals surface area contributed by atoms with Crippen LogP contribution in [0.2, 0.25) is 0 Å². The van der Waals surface area contributed by atoms with Gasteiger partial charge in [-0.25, -0.2) is 14.2 Å². The Morgan fingerprint density at radius 1 is 1.65 bits per heavy atom. The summed E-state index contributed by atoms with van der Waals surface area (Å²) in [5.41, 5.74) is 4.70. The van der Waals surface area contributed by atoms with Gasteiger partial charge in [0.2, 0.25) is 5.91 Å². The Morgan fingerprint density at radius 3 is 2.82 bits per heavy atom. The zero-order valence-corrected chi connectivity index (χ0v) is 9.11. The average molecular weight is 241 g/mol. The lowest BCUT2D eigenvalue weighted by molar-refractivity contribution is -0.118. The van der Waals surface area contributed by atoms with Crippen LogP contribution in [0, 0.1) is 5.82 Å². The molecular weight excluding hydrogens is 229 g/mol. The van der Waals surface area contributed by atoms with E-state index in [4.69, 9.17) is 10.8 Å². The van der Waals surface area contributed by atoms with Gasteiger partial charge in [0.05, 0.1) is 6.20 Å². The van der Waals surface area contributed by atoms with Crippen LogP contribution in [0.3, 0.4) is 0 Å². The third-order valence-electron chi connectivity index (χ3n) is 1.98. The van der Waals surface area contributed by atoms with Gasteiger partial charge in [-0.1, -0.05) is 0 Å². The lowest BCUT2D eigenvalue weighted by Crippen LogP contribution is -2.25. The van der Waals surface area contributed by atoms with Gasteiger partial charge in [0.15, 0.2) is 0 Å². The quantitative estimate of drug-likeness (QED) is 0.699. The first-order chi connectivity index (χ1) is 7.90. The van der Waals surface area contributed by atoms with Gasteiger partial charge in [0.25, 0.3) is 0 Å². The van der Waals surface area contributed by atoms with Gasteiger partial charge < -0.3 is 16.2 Å². The molecule has 0 aliphatic rings. The molecule has 7 heteroatoms. The molecule has 92 valence electrons. The molecule has 1 aromatic heterocycles. The molecule has 1 atom stereocenters. The topological polar surface area (TPSA) is 105 Å². The molecule has 0 aromatic carbocycles. The molecule has 0 fully saturated rings. The highest BCUT2D eigenvalue weighted by atomic mass is 19.1. The number of carboxylic acid groups (broad SMARTS) is 1. The first kappa shape index (κ1) is 12.9. The average Bonchev–Trinajstić information content (AvgIpc) is 2.19. The zero-order chi connectivity index (χ0) is 13.0. The van der Waals surface area contributed by atoms with Crippen LogP contribution in [0.25, 0.3) is 0 Å².